The van der Waals surface area contributed by atoms with E-state index in [0.29, 0.717) is 10.2 Å². The van der Waals surface area contributed by atoms with Gasteiger partial charge in [0.1, 0.15) is 5.82 Å². The number of nitrogens with zero attached hydrogens (tertiary/aromatic N) is 1. The third-order valence-corrected chi connectivity index (χ3v) is 2.07. The molecule has 1 rings (SSSR count). The van der Waals surface area contributed by atoms with Gasteiger partial charge in [-0.25, -0.2) is 4.39 Å². The van der Waals surface area contributed by atoms with E-state index in [1.807, 2.05) is 0 Å². The Kier molecular flexibility index (Phi) is 2.66. The van der Waals surface area contributed by atoms with Crippen LogP contribution in [0.1, 0.15) is 5.56 Å². The van der Waals surface area contributed by atoms with Gasteiger partial charge in [0.25, 0.3) is 0 Å². The van der Waals surface area contributed by atoms with Crippen molar-refractivity contribution in [2.75, 3.05) is 5.32 Å². The molecule has 1 aromatic rings. The van der Waals surface area contributed by atoms with Crippen LogP contribution < -0.4 is 5.32 Å². The molecular formula is C8H6BrFN2. The van der Waals surface area contributed by atoms with E-state index in [9.17, 15) is 4.39 Å². The van der Waals surface area contributed by atoms with Crippen molar-refractivity contribution < 1.29 is 4.39 Å². The molecule has 0 aliphatic heterocycles. The maximum Gasteiger partial charge on any atom is 0.181 e. The molecule has 0 radical (unpaired) electrons. The summed E-state index contributed by atoms with van der Waals surface area (Å²) in [6, 6.07) is 2.90. The zero-order chi connectivity index (χ0) is 9.14. The third kappa shape index (κ3) is 1.74. The molecule has 0 heterocycles. The molecule has 12 heavy (non-hydrogen) atoms. The van der Waals surface area contributed by atoms with Crippen LogP contribution in [0.5, 0.6) is 0 Å². The highest BCUT2D eigenvalue weighted by atomic mass is 79.9. The van der Waals surface area contributed by atoms with Crippen LogP contribution in [0.25, 0.3) is 0 Å². The van der Waals surface area contributed by atoms with Crippen molar-refractivity contribution in [2.24, 2.45) is 0 Å². The lowest BCUT2D eigenvalue weighted by molar-refractivity contribution is 0.621. The summed E-state index contributed by atoms with van der Waals surface area (Å²) >= 11 is 3.05. The van der Waals surface area contributed by atoms with Gasteiger partial charge in [0.2, 0.25) is 0 Å². The van der Waals surface area contributed by atoms with Gasteiger partial charge in [-0.1, -0.05) is 0 Å². The summed E-state index contributed by atoms with van der Waals surface area (Å²) < 4.78 is 13.3. The molecule has 0 atom stereocenters. The summed E-state index contributed by atoms with van der Waals surface area (Å²) in [4.78, 5) is 0. The molecule has 0 aliphatic rings. The highest BCUT2D eigenvalue weighted by Crippen LogP contribution is 2.23. The number of halogens is 2. The van der Waals surface area contributed by atoms with Crippen LogP contribution in [-0.4, -0.2) is 0 Å². The average molecular weight is 229 g/mol. The Morgan fingerprint density at radius 1 is 1.58 bits per heavy atom. The predicted octanol–water partition coefficient (Wildman–Crippen LogP) is 2.79. The normalized spacial score (nSPS) is 9.17. The Labute approximate surface area is 78.1 Å². The van der Waals surface area contributed by atoms with Gasteiger partial charge < -0.3 is 0 Å². The zero-order valence-electron chi connectivity index (χ0n) is 6.36. The van der Waals surface area contributed by atoms with Crippen LogP contribution in [0.4, 0.5) is 10.1 Å². The van der Waals surface area contributed by atoms with Gasteiger partial charge in [-0.3, -0.25) is 5.32 Å². The van der Waals surface area contributed by atoms with E-state index in [2.05, 4.69) is 21.2 Å². The second kappa shape index (κ2) is 3.55. The fourth-order valence-electron chi connectivity index (χ4n) is 0.841. The van der Waals surface area contributed by atoms with Crippen molar-refractivity contribution in [3.63, 3.8) is 0 Å². The minimum Gasteiger partial charge on any atom is -0.292 e. The summed E-state index contributed by atoms with van der Waals surface area (Å²) in [6.07, 6.45) is 1.74. The van der Waals surface area contributed by atoms with E-state index in [0.717, 1.165) is 5.56 Å². The fourth-order valence-corrected chi connectivity index (χ4v) is 1.30. The van der Waals surface area contributed by atoms with Gasteiger partial charge in [-0.15, -0.1) is 0 Å². The lowest BCUT2D eigenvalue weighted by Crippen LogP contribution is -1.92. The summed E-state index contributed by atoms with van der Waals surface area (Å²) in [5, 5.41) is 10.7. The smallest absolute Gasteiger partial charge is 0.181 e. The molecule has 1 aromatic carbocycles. The number of rotatable bonds is 1. The molecule has 0 spiro atoms. The molecule has 0 bridgehead atoms. The van der Waals surface area contributed by atoms with Crippen molar-refractivity contribution in [1.29, 1.82) is 5.26 Å². The topological polar surface area (TPSA) is 35.8 Å². The molecule has 62 valence electrons. The van der Waals surface area contributed by atoms with Crippen molar-refractivity contribution >= 4 is 21.6 Å². The molecule has 0 aliphatic carbocycles. The molecule has 0 unspecified atom stereocenters. The van der Waals surface area contributed by atoms with Crippen LogP contribution in [0.15, 0.2) is 16.6 Å². The Bertz CT molecular complexity index is 344. The Balaban J connectivity index is 3.16. The van der Waals surface area contributed by atoms with Gasteiger partial charge in [0, 0.05) is 0 Å². The van der Waals surface area contributed by atoms with Crippen molar-refractivity contribution in [3.05, 3.63) is 28.0 Å². The summed E-state index contributed by atoms with van der Waals surface area (Å²) in [5.41, 5.74) is 1.32. The molecule has 0 saturated heterocycles. The average Bonchev–Trinajstić information content (AvgIpc) is 2.01. The maximum absolute atomic E-state index is 12.9. The molecule has 0 aromatic heterocycles. The highest BCUT2D eigenvalue weighted by Gasteiger charge is 2.03. The Morgan fingerprint density at radius 3 is 2.83 bits per heavy atom. The van der Waals surface area contributed by atoms with E-state index in [-0.39, 0.29) is 5.82 Å². The first-order valence-corrected chi connectivity index (χ1v) is 4.05. The first kappa shape index (κ1) is 9.01. The van der Waals surface area contributed by atoms with Crippen LogP contribution in [-0.2, 0) is 0 Å². The van der Waals surface area contributed by atoms with E-state index >= 15 is 0 Å². The first-order valence-electron chi connectivity index (χ1n) is 3.26. The van der Waals surface area contributed by atoms with E-state index < -0.39 is 0 Å². The highest BCUT2D eigenvalue weighted by molar-refractivity contribution is 9.10. The van der Waals surface area contributed by atoms with Crippen LogP contribution in [0.3, 0.4) is 0 Å². The first-order chi connectivity index (χ1) is 5.65. The second-order valence-electron chi connectivity index (χ2n) is 2.32. The van der Waals surface area contributed by atoms with Gasteiger partial charge in [0.05, 0.1) is 10.2 Å². The monoisotopic (exact) mass is 228 g/mol. The van der Waals surface area contributed by atoms with Gasteiger partial charge in [-0.2, -0.15) is 5.26 Å². The minimum atomic E-state index is -0.377. The van der Waals surface area contributed by atoms with Crippen molar-refractivity contribution in [1.82, 2.24) is 0 Å². The van der Waals surface area contributed by atoms with Crippen LogP contribution in [0, 0.1) is 24.2 Å². The van der Waals surface area contributed by atoms with Gasteiger partial charge in [-0.05, 0) is 40.5 Å². The van der Waals surface area contributed by atoms with Crippen molar-refractivity contribution in [2.45, 2.75) is 6.92 Å². The number of anilines is 1. The lowest BCUT2D eigenvalue weighted by Gasteiger charge is -2.03. The Morgan fingerprint density at radius 2 is 2.25 bits per heavy atom. The largest absolute Gasteiger partial charge is 0.292 e. The maximum atomic E-state index is 12.9. The Hall–Kier alpha value is -1.08. The molecule has 0 fully saturated rings. The van der Waals surface area contributed by atoms with Gasteiger partial charge >= 0.3 is 0 Å². The quantitative estimate of drug-likeness (QED) is 0.593. The van der Waals surface area contributed by atoms with E-state index in [1.54, 1.807) is 19.2 Å². The second-order valence-corrected chi connectivity index (χ2v) is 3.17. The van der Waals surface area contributed by atoms with Crippen LogP contribution in [0.2, 0.25) is 0 Å². The number of nitrogens with one attached hydrogen (secondary N) is 1. The number of nitriles is 1. The number of hydrogen-bond donors (Lipinski definition) is 1. The SMILES string of the molecule is Cc1cc(Br)c(F)cc1NC#N. The fraction of sp³-hybridized carbons (Fsp3) is 0.125. The molecule has 4 heteroatoms. The summed E-state index contributed by atoms with van der Waals surface area (Å²) in [7, 11) is 0. The molecule has 0 saturated carbocycles. The molecular weight excluding hydrogens is 223 g/mol. The number of hydrogen-bond acceptors (Lipinski definition) is 2. The minimum absolute atomic E-state index is 0.377. The van der Waals surface area contributed by atoms with E-state index in [4.69, 9.17) is 5.26 Å². The van der Waals surface area contributed by atoms with Gasteiger partial charge in [0.15, 0.2) is 6.19 Å². The van der Waals surface area contributed by atoms with Crippen molar-refractivity contribution in [3.8, 4) is 6.19 Å². The zero-order valence-corrected chi connectivity index (χ0v) is 7.94. The third-order valence-electron chi connectivity index (χ3n) is 1.46. The summed E-state index contributed by atoms with van der Waals surface area (Å²) in [5.74, 6) is -0.377. The standard InChI is InChI=1S/C8H6BrFN2/c1-5-2-6(9)7(10)3-8(5)12-4-11/h2-3,12H,1H3. The molecule has 2 nitrogen and oxygen atoms in total. The molecule has 1 N–H and O–H groups in total. The summed E-state index contributed by atoms with van der Waals surface area (Å²) in [6.45, 7) is 1.80. The van der Waals surface area contributed by atoms with E-state index in [1.165, 1.54) is 6.07 Å². The lowest BCUT2D eigenvalue weighted by atomic mass is 10.2. The number of aryl methyl sites for hydroxylation is 1. The predicted molar refractivity (Wildman–Crippen MR) is 48.1 cm³/mol. The van der Waals surface area contributed by atoms with Crippen LogP contribution >= 0.6 is 15.9 Å². The number of benzene rings is 1. The molecule has 0 amide bonds.